The van der Waals surface area contributed by atoms with Gasteiger partial charge in [0.2, 0.25) is 0 Å². The Hall–Kier alpha value is -2.95. The van der Waals surface area contributed by atoms with Gasteiger partial charge in [-0.25, -0.2) is 4.79 Å². The summed E-state index contributed by atoms with van der Waals surface area (Å²) in [5.41, 5.74) is 4.74. The molecule has 3 rings (SSSR count). The van der Waals surface area contributed by atoms with Crippen molar-refractivity contribution in [3.8, 4) is 0 Å². The number of para-hydroxylation sites is 1. The van der Waals surface area contributed by atoms with E-state index in [-0.39, 0.29) is 6.03 Å². The Morgan fingerprint density at radius 3 is 2.62 bits per heavy atom. The number of pyridine rings is 2. The number of rotatable bonds is 4. The summed E-state index contributed by atoms with van der Waals surface area (Å²) in [4.78, 5) is 21.0. The summed E-state index contributed by atoms with van der Waals surface area (Å²) in [6, 6.07) is 11.4. The van der Waals surface area contributed by atoms with Gasteiger partial charge in [-0.05, 0) is 42.7 Å². The monoisotopic (exact) mass is 320 g/mol. The van der Waals surface area contributed by atoms with E-state index in [1.165, 1.54) is 0 Å². The average Bonchev–Trinajstić information content (AvgIpc) is 2.61. The molecule has 5 heteroatoms. The molecular weight excluding hydrogens is 300 g/mol. The highest BCUT2D eigenvalue weighted by molar-refractivity contribution is 6.01. The van der Waals surface area contributed by atoms with E-state index in [9.17, 15) is 4.79 Å². The van der Waals surface area contributed by atoms with Crippen LogP contribution in [0.2, 0.25) is 0 Å². The van der Waals surface area contributed by atoms with E-state index in [1.807, 2.05) is 43.3 Å². The molecule has 0 aliphatic carbocycles. The summed E-state index contributed by atoms with van der Waals surface area (Å²) in [7, 11) is 0. The lowest BCUT2D eigenvalue weighted by Crippen LogP contribution is -2.29. The molecule has 0 fully saturated rings. The number of aryl methyl sites for hydroxylation is 1. The predicted molar refractivity (Wildman–Crippen MR) is 96.0 cm³/mol. The van der Waals surface area contributed by atoms with Gasteiger partial charge in [0.05, 0.1) is 11.2 Å². The Morgan fingerprint density at radius 1 is 1.12 bits per heavy atom. The maximum absolute atomic E-state index is 12.4. The summed E-state index contributed by atoms with van der Waals surface area (Å²) in [5, 5.41) is 6.85. The van der Waals surface area contributed by atoms with Crippen LogP contribution in [0.5, 0.6) is 0 Å². The molecule has 2 aromatic heterocycles. The fourth-order valence-electron chi connectivity index (χ4n) is 2.79. The number of nitrogens with zero attached hydrogens (tertiary/aromatic N) is 2. The van der Waals surface area contributed by atoms with Crippen LogP contribution in [-0.2, 0) is 13.0 Å². The van der Waals surface area contributed by atoms with Gasteiger partial charge in [-0.1, -0.05) is 25.1 Å². The number of nitrogens with one attached hydrogen (secondary N) is 2. The number of carbonyl (C=O) groups excluding carboxylic acids is 1. The molecule has 24 heavy (non-hydrogen) atoms. The molecule has 0 saturated heterocycles. The third kappa shape index (κ3) is 3.35. The van der Waals surface area contributed by atoms with Crippen molar-refractivity contribution in [2.75, 3.05) is 5.32 Å². The van der Waals surface area contributed by atoms with E-state index in [0.717, 1.165) is 39.8 Å². The molecule has 0 bridgehead atoms. The number of benzene rings is 1. The molecule has 3 aromatic rings. The summed E-state index contributed by atoms with van der Waals surface area (Å²) in [6.45, 7) is 4.50. The summed E-state index contributed by atoms with van der Waals surface area (Å²) in [5.74, 6) is 0. The van der Waals surface area contributed by atoms with Crippen molar-refractivity contribution in [1.29, 1.82) is 0 Å². The number of amides is 2. The number of aromatic nitrogens is 2. The van der Waals surface area contributed by atoms with Gasteiger partial charge in [-0.15, -0.1) is 0 Å². The molecule has 0 spiro atoms. The summed E-state index contributed by atoms with van der Waals surface area (Å²) < 4.78 is 0. The second kappa shape index (κ2) is 7.08. The second-order valence-corrected chi connectivity index (χ2v) is 5.58. The predicted octanol–water partition coefficient (Wildman–Crippen LogP) is 3.82. The van der Waals surface area contributed by atoms with Gasteiger partial charge in [0.15, 0.2) is 0 Å². The van der Waals surface area contributed by atoms with Crippen molar-refractivity contribution >= 4 is 22.6 Å². The van der Waals surface area contributed by atoms with Crippen LogP contribution in [0.25, 0.3) is 10.9 Å². The molecule has 0 unspecified atom stereocenters. The number of hydrogen-bond donors (Lipinski definition) is 2. The summed E-state index contributed by atoms with van der Waals surface area (Å²) >= 11 is 0. The lowest BCUT2D eigenvalue weighted by atomic mass is 10.0. The molecule has 122 valence electrons. The molecular formula is C19H20N4O. The van der Waals surface area contributed by atoms with Crippen LogP contribution in [0.4, 0.5) is 10.5 Å². The number of carbonyl (C=O) groups is 1. The van der Waals surface area contributed by atoms with Crippen molar-refractivity contribution in [2.24, 2.45) is 0 Å². The van der Waals surface area contributed by atoms with Crippen LogP contribution in [0, 0.1) is 6.92 Å². The highest BCUT2D eigenvalue weighted by Crippen LogP contribution is 2.28. The zero-order chi connectivity index (χ0) is 16.9. The first-order valence-corrected chi connectivity index (χ1v) is 8.01. The maximum atomic E-state index is 12.4. The highest BCUT2D eigenvalue weighted by atomic mass is 16.2. The minimum Gasteiger partial charge on any atom is -0.334 e. The van der Waals surface area contributed by atoms with Crippen LogP contribution in [0.1, 0.15) is 23.7 Å². The largest absolute Gasteiger partial charge is 0.334 e. The minimum atomic E-state index is -0.225. The van der Waals surface area contributed by atoms with Crippen LogP contribution >= 0.6 is 0 Å². The highest BCUT2D eigenvalue weighted by Gasteiger charge is 2.13. The maximum Gasteiger partial charge on any atom is 0.319 e. The Morgan fingerprint density at radius 2 is 1.88 bits per heavy atom. The van der Waals surface area contributed by atoms with Gasteiger partial charge in [-0.2, -0.15) is 0 Å². The van der Waals surface area contributed by atoms with Crippen molar-refractivity contribution in [3.63, 3.8) is 0 Å². The van der Waals surface area contributed by atoms with Gasteiger partial charge in [-0.3, -0.25) is 9.97 Å². The molecule has 2 N–H and O–H groups in total. The number of urea groups is 1. The third-order valence-corrected chi connectivity index (χ3v) is 3.99. The first kappa shape index (κ1) is 15.9. The van der Waals surface area contributed by atoms with Crippen molar-refractivity contribution in [1.82, 2.24) is 15.3 Å². The second-order valence-electron chi connectivity index (χ2n) is 5.58. The van der Waals surface area contributed by atoms with Gasteiger partial charge in [0.25, 0.3) is 0 Å². The molecule has 1 aromatic carbocycles. The Labute approximate surface area is 141 Å². The molecule has 0 aliphatic heterocycles. The van der Waals surface area contributed by atoms with Gasteiger partial charge in [0, 0.05) is 30.0 Å². The molecule has 0 aliphatic rings. The Bertz CT molecular complexity index is 862. The van der Waals surface area contributed by atoms with E-state index < -0.39 is 0 Å². The van der Waals surface area contributed by atoms with Crippen LogP contribution in [-0.4, -0.2) is 16.0 Å². The molecule has 2 heterocycles. The zero-order valence-electron chi connectivity index (χ0n) is 13.8. The minimum absolute atomic E-state index is 0.225. The van der Waals surface area contributed by atoms with Gasteiger partial charge in [0.1, 0.15) is 0 Å². The SMILES string of the molecule is CCc1c(C)nc2ccccc2c1NC(=O)NCc1ccncc1. The van der Waals surface area contributed by atoms with E-state index in [4.69, 9.17) is 0 Å². The molecule has 2 amide bonds. The number of hydrogen-bond acceptors (Lipinski definition) is 3. The van der Waals surface area contributed by atoms with Crippen molar-refractivity contribution in [2.45, 2.75) is 26.8 Å². The Balaban J connectivity index is 1.84. The van der Waals surface area contributed by atoms with Crippen LogP contribution in [0.3, 0.4) is 0 Å². The first-order valence-electron chi connectivity index (χ1n) is 8.01. The topological polar surface area (TPSA) is 66.9 Å². The fourth-order valence-corrected chi connectivity index (χ4v) is 2.79. The van der Waals surface area contributed by atoms with Gasteiger partial charge < -0.3 is 10.6 Å². The third-order valence-electron chi connectivity index (χ3n) is 3.99. The first-order chi connectivity index (χ1) is 11.7. The Kier molecular flexibility index (Phi) is 4.70. The quantitative estimate of drug-likeness (QED) is 0.768. The zero-order valence-corrected chi connectivity index (χ0v) is 13.8. The van der Waals surface area contributed by atoms with Crippen molar-refractivity contribution in [3.05, 3.63) is 65.6 Å². The summed E-state index contributed by atoms with van der Waals surface area (Å²) in [6.07, 6.45) is 4.23. The van der Waals surface area contributed by atoms with Gasteiger partial charge >= 0.3 is 6.03 Å². The average molecular weight is 320 g/mol. The van der Waals surface area contributed by atoms with E-state index in [2.05, 4.69) is 27.5 Å². The number of anilines is 1. The lowest BCUT2D eigenvalue weighted by molar-refractivity contribution is 0.251. The molecule has 0 saturated carbocycles. The number of fused-ring (bicyclic) bond motifs is 1. The fraction of sp³-hybridized carbons (Fsp3) is 0.211. The standard InChI is InChI=1S/C19H20N4O/c1-3-15-13(2)22-17-7-5-4-6-16(17)18(15)23-19(24)21-12-14-8-10-20-11-9-14/h4-11H,3,12H2,1-2H3,(H2,21,22,23,24). The van der Waals surface area contributed by atoms with E-state index in [0.29, 0.717) is 6.54 Å². The normalized spacial score (nSPS) is 10.6. The van der Waals surface area contributed by atoms with Crippen LogP contribution in [0.15, 0.2) is 48.8 Å². The molecule has 0 atom stereocenters. The van der Waals surface area contributed by atoms with Crippen LogP contribution < -0.4 is 10.6 Å². The molecule has 5 nitrogen and oxygen atoms in total. The lowest BCUT2D eigenvalue weighted by Gasteiger charge is -2.16. The molecule has 0 radical (unpaired) electrons. The van der Waals surface area contributed by atoms with E-state index >= 15 is 0 Å². The van der Waals surface area contributed by atoms with Crippen molar-refractivity contribution < 1.29 is 4.79 Å². The smallest absolute Gasteiger partial charge is 0.319 e. The van der Waals surface area contributed by atoms with E-state index in [1.54, 1.807) is 12.4 Å².